The van der Waals surface area contributed by atoms with E-state index in [2.05, 4.69) is 95.3 Å². The molecule has 2 heteroatoms. The maximum Gasteiger partial charge on any atom is 0.151 e. The minimum atomic E-state index is -0.694. The molecule has 3 aromatic rings. The lowest BCUT2D eigenvalue weighted by Gasteiger charge is -2.42. The molecule has 0 spiro atoms. The summed E-state index contributed by atoms with van der Waals surface area (Å²) < 4.78 is 13.1. The maximum atomic E-state index is 6.83. The zero-order valence-electron chi connectivity index (χ0n) is 16.7. The summed E-state index contributed by atoms with van der Waals surface area (Å²) in [5.74, 6) is 1.72. The number of hydrogen-bond donors (Lipinski definition) is 0. The van der Waals surface area contributed by atoms with Crippen LogP contribution in [0.3, 0.4) is 0 Å². The van der Waals surface area contributed by atoms with Crippen LogP contribution in [-0.2, 0) is 10.3 Å². The molecule has 0 fully saturated rings. The minimum Gasteiger partial charge on any atom is -0.457 e. The fourth-order valence-corrected chi connectivity index (χ4v) is 4.08. The van der Waals surface area contributed by atoms with E-state index in [1.807, 2.05) is 0 Å². The fraction of sp³-hybridized carbons (Fsp3) is 0.280. The molecule has 0 unspecified atom stereocenters. The number of benzene rings is 3. The summed E-state index contributed by atoms with van der Waals surface area (Å²) in [6, 6.07) is 21.2. The zero-order valence-corrected chi connectivity index (χ0v) is 16.7. The van der Waals surface area contributed by atoms with Crippen LogP contribution in [0.5, 0.6) is 11.5 Å². The van der Waals surface area contributed by atoms with E-state index in [1.165, 1.54) is 22.3 Å². The number of rotatable bonds is 3. The summed E-state index contributed by atoms with van der Waals surface area (Å²) in [5, 5.41) is 0. The first-order valence-corrected chi connectivity index (χ1v) is 9.56. The number of fused-ring (bicyclic) bond motifs is 2. The van der Waals surface area contributed by atoms with E-state index in [0.29, 0.717) is 0 Å². The average Bonchev–Trinajstić information content (AvgIpc) is 2.62. The lowest BCUT2D eigenvalue weighted by Crippen LogP contribution is -2.38. The summed E-state index contributed by atoms with van der Waals surface area (Å²) in [6.45, 7) is 10.6. The van der Waals surface area contributed by atoms with Gasteiger partial charge in [-0.05, 0) is 70.0 Å². The topological polar surface area (TPSA) is 18.5 Å². The predicted octanol–water partition coefficient (Wildman–Crippen LogP) is 6.43. The average molecular weight is 358 g/mol. The molecule has 2 nitrogen and oxygen atoms in total. The predicted molar refractivity (Wildman–Crippen MR) is 110 cm³/mol. The Labute approximate surface area is 161 Å². The molecule has 0 saturated carbocycles. The van der Waals surface area contributed by atoms with Gasteiger partial charge >= 0.3 is 0 Å². The van der Waals surface area contributed by atoms with E-state index in [9.17, 15) is 0 Å². The van der Waals surface area contributed by atoms with E-state index < -0.39 is 5.60 Å². The highest BCUT2D eigenvalue weighted by atomic mass is 16.5. The van der Waals surface area contributed by atoms with Crippen LogP contribution >= 0.6 is 0 Å². The second kappa shape index (κ2) is 6.54. The molecule has 0 bridgehead atoms. The highest BCUT2D eigenvalue weighted by molar-refractivity contribution is 5.63. The van der Waals surface area contributed by atoms with Crippen LogP contribution in [0.4, 0.5) is 0 Å². The lowest BCUT2D eigenvalue weighted by molar-refractivity contribution is -0.0348. The van der Waals surface area contributed by atoms with Crippen molar-refractivity contribution >= 4 is 0 Å². The molecule has 27 heavy (non-hydrogen) atoms. The second-order valence-electron chi connectivity index (χ2n) is 7.76. The van der Waals surface area contributed by atoms with Crippen LogP contribution in [0.1, 0.15) is 47.2 Å². The van der Waals surface area contributed by atoms with Crippen molar-refractivity contribution in [2.75, 3.05) is 0 Å². The molecule has 3 aromatic carbocycles. The molecule has 1 aliphatic heterocycles. The van der Waals surface area contributed by atoms with Gasteiger partial charge in [0.05, 0.1) is 6.10 Å². The number of hydrogen-bond acceptors (Lipinski definition) is 2. The van der Waals surface area contributed by atoms with Crippen molar-refractivity contribution in [3.05, 3.63) is 94.0 Å². The molecule has 138 valence electrons. The van der Waals surface area contributed by atoms with E-state index in [0.717, 1.165) is 22.6 Å². The van der Waals surface area contributed by atoms with Gasteiger partial charge < -0.3 is 9.47 Å². The highest BCUT2D eigenvalue weighted by Gasteiger charge is 2.46. The van der Waals surface area contributed by atoms with Crippen LogP contribution in [0.25, 0.3) is 0 Å². The van der Waals surface area contributed by atoms with Crippen LogP contribution in [0.15, 0.2) is 60.7 Å². The molecular formula is C25H26O2. The van der Waals surface area contributed by atoms with E-state index >= 15 is 0 Å². The highest BCUT2D eigenvalue weighted by Crippen LogP contribution is 2.53. The Morgan fingerprint density at radius 3 is 1.81 bits per heavy atom. The smallest absolute Gasteiger partial charge is 0.151 e. The second-order valence-corrected chi connectivity index (χ2v) is 7.76. The third kappa shape index (κ3) is 2.85. The van der Waals surface area contributed by atoms with Crippen molar-refractivity contribution in [2.45, 2.75) is 46.3 Å². The van der Waals surface area contributed by atoms with Crippen molar-refractivity contribution in [2.24, 2.45) is 0 Å². The lowest BCUT2D eigenvalue weighted by atomic mass is 9.75. The Balaban J connectivity index is 2.15. The Bertz CT molecular complexity index is 949. The number of ether oxygens (including phenoxy) is 2. The molecule has 0 amide bonds. The monoisotopic (exact) mass is 358 g/mol. The number of aryl methyl sites for hydroxylation is 3. The third-order valence-corrected chi connectivity index (χ3v) is 5.19. The van der Waals surface area contributed by atoms with E-state index in [1.54, 1.807) is 0 Å². The summed E-state index contributed by atoms with van der Waals surface area (Å²) in [4.78, 5) is 0. The zero-order chi connectivity index (χ0) is 19.2. The van der Waals surface area contributed by atoms with Crippen molar-refractivity contribution < 1.29 is 9.47 Å². The van der Waals surface area contributed by atoms with Gasteiger partial charge in [-0.1, -0.05) is 47.5 Å². The molecule has 0 aromatic heterocycles. The Kier molecular flexibility index (Phi) is 4.32. The normalized spacial score (nSPS) is 14.4. The molecule has 1 heterocycles. The van der Waals surface area contributed by atoms with E-state index in [-0.39, 0.29) is 6.10 Å². The van der Waals surface area contributed by atoms with Gasteiger partial charge in [-0.15, -0.1) is 0 Å². The fourth-order valence-electron chi connectivity index (χ4n) is 4.08. The van der Waals surface area contributed by atoms with Gasteiger partial charge in [0.15, 0.2) is 5.60 Å². The molecule has 0 N–H and O–H groups in total. The standard InChI is InChI=1S/C25H26O2/c1-16(2)27-25(20-9-7-6-8-19(20)5)21-14-17(3)10-12-23(21)26-24-13-11-18(4)15-22(24)25/h6-16H,1-5H3. The van der Waals surface area contributed by atoms with Gasteiger partial charge in [-0.3, -0.25) is 0 Å². The van der Waals surface area contributed by atoms with E-state index in [4.69, 9.17) is 9.47 Å². The molecule has 0 aliphatic carbocycles. The first-order valence-electron chi connectivity index (χ1n) is 9.56. The first kappa shape index (κ1) is 17.8. The maximum absolute atomic E-state index is 6.83. The van der Waals surface area contributed by atoms with Crippen molar-refractivity contribution in [3.63, 3.8) is 0 Å². The summed E-state index contributed by atoms with van der Waals surface area (Å²) in [5.41, 5.74) is 6.21. The van der Waals surface area contributed by atoms with Crippen LogP contribution in [-0.4, -0.2) is 6.10 Å². The summed E-state index contributed by atoms with van der Waals surface area (Å²) in [7, 11) is 0. The van der Waals surface area contributed by atoms with Gasteiger partial charge in [0, 0.05) is 11.1 Å². The third-order valence-electron chi connectivity index (χ3n) is 5.19. The van der Waals surface area contributed by atoms with Crippen molar-refractivity contribution in [3.8, 4) is 11.5 Å². The van der Waals surface area contributed by atoms with Gasteiger partial charge in [-0.25, -0.2) is 0 Å². The van der Waals surface area contributed by atoms with Gasteiger partial charge in [0.2, 0.25) is 0 Å². The minimum absolute atomic E-state index is 0.0458. The molecule has 0 saturated heterocycles. The Morgan fingerprint density at radius 1 is 0.741 bits per heavy atom. The molecular weight excluding hydrogens is 332 g/mol. The quantitative estimate of drug-likeness (QED) is 0.537. The SMILES string of the molecule is Cc1ccc2c(c1)C(OC(C)C)(c1ccccc1C)c1cc(C)ccc1O2. The van der Waals surface area contributed by atoms with Crippen LogP contribution in [0.2, 0.25) is 0 Å². The van der Waals surface area contributed by atoms with Crippen LogP contribution in [0, 0.1) is 20.8 Å². The van der Waals surface area contributed by atoms with Crippen molar-refractivity contribution in [1.29, 1.82) is 0 Å². The van der Waals surface area contributed by atoms with Gasteiger partial charge in [0.25, 0.3) is 0 Å². The van der Waals surface area contributed by atoms with Gasteiger partial charge in [-0.2, -0.15) is 0 Å². The van der Waals surface area contributed by atoms with Crippen molar-refractivity contribution in [1.82, 2.24) is 0 Å². The Hall–Kier alpha value is -2.58. The largest absolute Gasteiger partial charge is 0.457 e. The molecule has 4 rings (SSSR count). The summed E-state index contributed by atoms with van der Waals surface area (Å²) in [6.07, 6.45) is 0.0458. The molecule has 0 atom stereocenters. The Morgan fingerprint density at radius 2 is 1.30 bits per heavy atom. The first-order chi connectivity index (χ1) is 12.9. The van der Waals surface area contributed by atoms with Crippen LogP contribution < -0.4 is 4.74 Å². The van der Waals surface area contributed by atoms with Gasteiger partial charge in [0.1, 0.15) is 11.5 Å². The molecule has 1 aliphatic rings. The summed E-state index contributed by atoms with van der Waals surface area (Å²) >= 11 is 0. The molecule has 0 radical (unpaired) electrons.